The van der Waals surface area contributed by atoms with Gasteiger partial charge < -0.3 is 4.74 Å². The minimum atomic E-state index is -0.513. The van der Waals surface area contributed by atoms with E-state index in [0.29, 0.717) is 22.5 Å². The Bertz CT molecular complexity index is 1330. The molecule has 8 heteroatoms. The molecule has 3 aromatic heterocycles. The first-order valence-corrected chi connectivity index (χ1v) is 8.89. The SMILES string of the molecule is COc1cccc(-n2cc(-c3n[nH]c4ccc(-c5cccnc5F)cc34)nn2)c1. The molecule has 0 amide bonds. The predicted molar refractivity (Wildman–Crippen MR) is 106 cm³/mol. The van der Waals surface area contributed by atoms with Crippen molar-refractivity contribution in [2.45, 2.75) is 0 Å². The highest BCUT2D eigenvalue weighted by molar-refractivity contribution is 5.94. The van der Waals surface area contributed by atoms with Gasteiger partial charge >= 0.3 is 0 Å². The zero-order valence-electron chi connectivity index (χ0n) is 15.4. The number of halogens is 1. The first-order valence-electron chi connectivity index (χ1n) is 8.89. The van der Waals surface area contributed by atoms with Gasteiger partial charge in [-0.25, -0.2) is 9.67 Å². The summed E-state index contributed by atoms with van der Waals surface area (Å²) in [6.45, 7) is 0. The molecule has 0 saturated carbocycles. The number of pyridine rings is 1. The zero-order valence-corrected chi connectivity index (χ0v) is 15.4. The van der Waals surface area contributed by atoms with Crippen LogP contribution in [0.1, 0.15) is 0 Å². The van der Waals surface area contributed by atoms with Crippen LogP contribution in [0.2, 0.25) is 0 Å². The third-order valence-corrected chi connectivity index (χ3v) is 4.69. The van der Waals surface area contributed by atoms with Crippen LogP contribution in [-0.4, -0.2) is 37.3 Å². The molecule has 5 aromatic rings. The number of aromatic nitrogens is 6. The molecule has 0 unspecified atom stereocenters. The molecule has 0 fully saturated rings. The molecule has 0 saturated heterocycles. The summed E-state index contributed by atoms with van der Waals surface area (Å²) >= 11 is 0. The highest BCUT2D eigenvalue weighted by Crippen LogP contribution is 2.30. The minimum Gasteiger partial charge on any atom is -0.497 e. The van der Waals surface area contributed by atoms with Gasteiger partial charge in [-0.2, -0.15) is 9.49 Å². The van der Waals surface area contributed by atoms with E-state index in [1.54, 1.807) is 30.1 Å². The molecule has 5 rings (SSSR count). The minimum absolute atomic E-state index is 0.432. The van der Waals surface area contributed by atoms with Gasteiger partial charge in [0.1, 0.15) is 17.1 Å². The number of H-pyrrole nitrogens is 1. The lowest BCUT2D eigenvalue weighted by atomic mass is 10.0. The summed E-state index contributed by atoms with van der Waals surface area (Å²) in [7, 11) is 1.62. The number of hydrogen-bond donors (Lipinski definition) is 1. The maximum absolute atomic E-state index is 14.1. The Hall–Kier alpha value is -4.07. The number of methoxy groups -OCH3 is 1. The van der Waals surface area contributed by atoms with E-state index >= 15 is 0 Å². The molecule has 7 nitrogen and oxygen atoms in total. The summed E-state index contributed by atoms with van der Waals surface area (Å²) in [4.78, 5) is 3.73. The van der Waals surface area contributed by atoms with Crippen LogP contribution in [0.5, 0.6) is 5.75 Å². The van der Waals surface area contributed by atoms with Crippen molar-refractivity contribution in [2.24, 2.45) is 0 Å². The smallest absolute Gasteiger partial charge is 0.220 e. The number of nitrogens with zero attached hydrogens (tertiary/aromatic N) is 5. The fourth-order valence-electron chi connectivity index (χ4n) is 3.23. The maximum Gasteiger partial charge on any atom is 0.220 e. The molecule has 2 aromatic carbocycles. The molecule has 3 heterocycles. The lowest BCUT2D eigenvalue weighted by Crippen LogP contribution is -1.95. The average Bonchev–Trinajstić information content (AvgIpc) is 3.41. The number of hydrogen-bond acceptors (Lipinski definition) is 5. The number of rotatable bonds is 4. The monoisotopic (exact) mass is 386 g/mol. The summed E-state index contributed by atoms with van der Waals surface area (Å²) in [5.41, 5.74) is 4.03. The van der Waals surface area contributed by atoms with Crippen molar-refractivity contribution in [2.75, 3.05) is 7.11 Å². The van der Waals surface area contributed by atoms with Crippen LogP contribution >= 0.6 is 0 Å². The first-order chi connectivity index (χ1) is 14.2. The summed E-state index contributed by atoms with van der Waals surface area (Å²) in [6.07, 6.45) is 3.22. The van der Waals surface area contributed by atoms with E-state index in [4.69, 9.17) is 4.74 Å². The second kappa shape index (κ2) is 6.83. The number of benzene rings is 2. The molecule has 1 N–H and O–H groups in total. The molecular formula is C21H15FN6O. The topological polar surface area (TPSA) is 81.5 Å². The van der Waals surface area contributed by atoms with Crippen molar-refractivity contribution in [1.29, 1.82) is 0 Å². The Balaban J connectivity index is 1.58. The fourth-order valence-corrected chi connectivity index (χ4v) is 3.23. The van der Waals surface area contributed by atoms with E-state index in [-0.39, 0.29) is 0 Å². The van der Waals surface area contributed by atoms with Crippen LogP contribution in [0.15, 0.2) is 67.0 Å². The number of aromatic amines is 1. The van der Waals surface area contributed by atoms with Crippen LogP contribution in [0.3, 0.4) is 0 Å². The molecule has 0 bridgehead atoms. The molecule has 29 heavy (non-hydrogen) atoms. The lowest BCUT2D eigenvalue weighted by Gasteiger charge is -2.03. The van der Waals surface area contributed by atoms with Crippen LogP contribution in [0.25, 0.3) is 39.1 Å². The molecule has 0 atom stereocenters. The van der Waals surface area contributed by atoms with Crippen molar-refractivity contribution < 1.29 is 9.13 Å². The van der Waals surface area contributed by atoms with E-state index in [2.05, 4.69) is 25.5 Å². The Kier molecular flexibility index (Phi) is 4.02. The fraction of sp³-hybridized carbons (Fsp3) is 0.0476. The zero-order chi connectivity index (χ0) is 19.8. The molecule has 0 spiro atoms. The molecule has 142 valence electrons. The average molecular weight is 386 g/mol. The largest absolute Gasteiger partial charge is 0.497 e. The van der Waals surface area contributed by atoms with Gasteiger partial charge in [0.05, 0.1) is 24.5 Å². The molecular weight excluding hydrogens is 371 g/mol. The number of ether oxygens (including phenoxy) is 1. The number of nitrogens with one attached hydrogen (secondary N) is 1. The molecule has 0 aliphatic carbocycles. The summed E-state index contributed by atoms with van der Waals surface area (Å²) in [5, 5.41) is 16.7. The van der Waals surface area contributed by atoms with Crippen LogP contribution in [0, 0.1) is 5.95 Å². The van der Waals surface area contributed by atoms with Gasteiger partial charge in [-0.05, 0) is 42.0 Å². The molecule has 0 radical (unpaired) electrons. The van der Waals surface area contributed by atoms with Crippen LogP contribution in [0.4, 0.5) is 4.39 Å². The van der Waals surface area contributed by atoms with Crippen LogP contribution < -0.4 is 4.74 Å². The standard InChI is InChI=1S/C21H15FN6O/c1-29-15-5-2-4-14(11-15)28-12-19(25-27-28)20-17-10-13(7-8-18(17)24-26-20)16-6-3-9-23-21(16)22/h2-12H,1H3,(H,24,26). The normalized spacial score (nSPS) is 11.1. The van der Waals surface area contributed by atoms with Crippen molar-refractivity contribution in [3.8, 4) is 34.0 Å². The van der Waals surface area contributed by atoms with E-state index in [9.17, 15) is 4.39 Å². The van der Waals surface area contributed by atoms with E-state index in [1.165, 1.54) is 6.20 Å². The van der Waals surface area contributed by atoms with Gasteiger partial charge in [-0.1, -0.05) is 17.3 Å². The highest BCUT2D eigenvalue weighted by atomic mass is 19.1. The third kappa shape index (κ3) is 3.00. The van der Waals surface area contributed by atoms with Gasteiger partial charge in [-0.15, -0.1) is 5.10 Å². The molecule has 0 aliphatic rings. The maximum atomic E-state index is 14.1. The van der Waals surface area contributed by atoms with Gasteiger partial charge in [0.2, 0.25) is 5.95 Å². The summed E-state index contributed by atoms with van der Waals surface area (Å²) in [6, 6.07) is 16.5. The Morgan fingerprint density at radius 2 is 2.00 bits per heavy atom. The van der Waals surface area contributed by atoms with Gasteiger partial charge in [0, 0.05) is 23.2 Å². The van der Waals surface area contributed by atoms with Gasteiger partial charge in [0.15, 0.2) is 0 Å². The number of fused-ring (bicyclic) bond motifs is 1. The van der Waals surface area contributed by atoms with Crippen molar-refractivity contribution in [3.63, 3.8) is 0 Å². The van der Waals surface area contributed by atoms with Gasteiger partial charge in [-0.3, -0.25) is 5.10 Å². The Morgan fingerprint density at radius 1 is 1.07 bits per heavy atom. The van der Waals surface area contributed by atoms with E-state index in [1.807, 2.05) is 42.5 Å². The quantitative estimate of drug-likeness (QED) is 0.472. The Labute approximate surface area is 164 Å². The van der Waals surface area contributed by atoms with Crippen molar-refractivity contribution >= 4 is 10.9 Å². The van der Waals surface area contributed by atoms with Gasteiger partial charge in [0.25, 0.3) is 0 Å². The second-order valence-corrected chi connectivity index (χ2v) is 6.42. The van der Waals surface area contributed by atoms with Crippen molar-refractivity contribution in [3.05, 3.63) is 72.9 Å². The lowest BCUT2D eigenvalue weighted by molar-refractivity contribution is 0.414. The second-order valence-electron chi connectivity index (χ2n) is 6.42. The first kappa shape index (κ1) is 17.1. The van der Waals surface area contributed by atoms with E-state index < -0.39 is 5.95 Å². The van der Waals surface area contributed by atoms with E-state index in [0.717, 1.165) is 22.3 Å². The molecule has 0 aliphatic heterocycles. The van der Waals surface area contributed by atoms with Crippen molar-refractivity contribution in [1.82, 2.24) is 30.2 Å². The van der Waals surface area contributed by atoms with Crippen LogP contribution in [-0.2, 0) is 0 Å². The highest BCUT2D eigenvalue weighted by Gasteiger charge is 2.15. The summed E-state index contributed by atoms with van der Waals surface area (Å²) in [5.74, 6) is 0.216. The Morgan fingerprint density at radius 3 is 2.86 bits per heavy atom. The summed E-state index contributed by atoms with van der Waals surface area (Å²) < 4.78 is 21.0. The predicted octanol–water partition coefficient (Wildman–Crippen LogP) is 4.02. The third-order valence-electron chi connectivity index (χ3n) is 4.69.